The molecule has 0 saturated carbocycles. The van der Waals surface area contributed by atoms with E-state index in [0.717, 1.165) is 31.9 Å². The lowest BCUT2D eigenvalue weighted by Gasteiger charge is -2.29. The van der Waals surface area contributed by atoms with E-state index in [1.54, 1.807) is 0 Å². The summed E-state index contributed by atoms with van der Waals surface area (Å²) < 4.78 is 0. The summed E-state index contributed by atoms with van der Waals surface area (Å²) in [5.74, 6) is 0.0226. The van der Waals surface area contributed by atoms with E-state index in [9.17, 15) is 9.59 Å². The molecule has 2 amide bonds. The molecule has 0 aliphatic carbocycles. The lowest BCUT2D eigenvalue weighted by molar-refractivity contribution is -0.132. The Kier molecular flexibility index (Phi) is 10.3. The van der Waals surface area contributed by atoms with Gasteiger partial charge < -0.3 is 15.5 Å². The Morgan fingerprint density at radius 2 is 2.04 bits per heavy atom. The van der Waals surface area contributed by atoms with Gasteiger partial charge in [0, 0.05) is 45.0 Å². The van der Waals surface area contributed by atoms with Crippen molar-refractivity contribution in [3.8, 4) is 0 Å². The highest BCUT2D eigenvalue weighted by Gasteiger charge is 2.18. The van der Waals surface area contributed by atoms with E-state index >= 15 is 0 Å². The summed E-state index contributed by atoms with van der Waals surface area (Å²) in [4.78, 5) is 31.2. The standard InChI is InChI=1S/C13H21N5O2S.2ClH/c1-10(19)15-13-16-11(9-21-13)7-17(2)8-12(20)18-5-3-14-4-6-18;;/h9,14H,3-8H2,1-2H3,(H,15,16,19);2*1H. The van der Waals surface area contributed by atoms with Crippen LogP contribution in [-0.4, -0.2) is 66.4 Å². The number of hydrogen-bond donors (Lipinski definition) is 2. The predicted molar refractivity (Wildman–Crippen MR) is 96.7 cm³/mol. The van der Waals surface area contributed by atoms with Gasteiger partial charge in [-0.15, -0.1) is 36.2 Å². The summed E-state index contributed by atoms with van der Waals surface area (Å²) in [6.07, 6.45) is 0. The van der Waals surface area contributed by atoms with Crippen molar-refractivity contribution in [2.45, 2.75) is 13.5 Å². The Morgan fingerprint density at radius 1 is 1.39 bits per heavy atom. The molecule has 0 unspecified atom stereocenters. The summed E-state index contributed by atoms with van der Waals surface area (Å²) in [5, 5.41) is 8.39. The molecule has 1 aromatic heterocycles. The fraction of sp³-hybridized carbons (Fsp3) is 0.615. The van der Waals surface area contributed by atoms with E-state index in [2.05, 4.69) is 15.6 Å². The van der Waals surface area contributed by atoms with Crippen LogP contribution in [0.2, 0.25) is 0 Å². The molecule has 23 heavy (non-hydrogen) atoms. The molecular formula is C13H23Cl2N5O2S. The van der Waals surface area contributed by atoms with Gasteiger partial charge in [-0.05, 0) is 7.05 Å². The summed E-state index contributed by atoms with van der Waals surface area (Å²) >= 11 is 1.39. The van der Waals surface area contributed by atoms with Gasteiger partial charge in [0.1, 0.15) is 0 Å². The van der Waals surface area contributed by atoms with Gasteiger partial charge in [0.25, 0.3) is 0 Å². The number of nitrogens with one attached hydrogen (secondary N) is 2. The van der Waals surface area contributed by atoms with E-state index < -0.39 is 0 Å². The van der Waals surface area contributed by atoms with Crippen LogP contribution in [0.5, 0.6) is 0 Å². The third-order valence-corrected chi connectivity index (χ3v) is 3.95. The number of nitrogens with zero attached hydrogens (tertiary/aromatic N) is 3. The fourth-order valence-electron chi connectivity index (χ4n) is 2.17. The first kappa shape index (κ1) is 22.1. The zero-order valence-corrected chi connectivity index (χ0v) is 15.7. The first-order valence-corrected chi connectivity index (χ1v) is 7.81. The minimum Gasteiger partial charge on any atom is -0.339 e. The first-order chi connectivity index (χ1) is 10.0. The van der Waals surface area contributed by atoms with Gasteiger partial charge in [-0.2, -0.15) is 0 Å². The molecule has 7 nitrogen and oxygen atoms in total. The number of thiazole rings is 1. The average Bonchev–Trinajstić information content (AvgIpc) is 2.85. The number of carbonyl (C=O) groups is 2. The third-order valence-electron chi connectivity index (χ3n) is 3.14. The Hall–Kier alpha value is -0.930. The molecule has 0 bridgehead atoms. The second kappa shape index (κ2) is 10.8. The summed E-state index contributed by atoms with van der Waals surface area (Å²) in [6, 6.07) is 0. The maximum absolute atomic E-state index is 12.1. The maximum atomic E-state index is 12.1. The van der Waals surface area contributed by atoms with Crippen LogP contribution in [0.1, 0.15) is 12.6 Å². The lowest BCUT2D eigenvalue weighted by Crippen LogP contribution is -2.49. The summed E-state index contributed by atoms with van der Waals surface area (Å²) in [5.41, 5.74) is 0.861. The number of amides is 2. The number of piperazine rings is 1. The van der Waals surface area contributed by atoms with Gasteiger partial charge in [0.05, 0.1) is 12.2 Å². The maximum Gasteiger partial charge on any atom is 0.236 e. The molecule has 1 aromatic rings. The Morgan fingerprint density at radius 3 is 2.65 bits per heavy atom. The molecule has 132 valence electrons. The van der Waals surface area contributed by atoms with Crippen molar-refractivity contribution in [2.75, 3.05) is 45.1 Å². The molecule has 2 N–H and O–H groups in total. The van der Waals surface area contributed by atoms with Crippen molar-refractivity contribution in [3.05, 3.63) is 11.1 Å². The summed E-state index contributed by atoms with van der Waals surface area (Å²) in [6.45, 7) is 5.70. The van der Waals surface area contributed by atoms with E-state index in [-0.39, 0.29) is 36.6 Å². The molecule has 2 rings (SSSR count). The number of halogens is 2. The molecule has 1 aliphatic heterocycles. The predicted octanol–water partition coefficient (Wildman–Crippen LogP) is 0.809. The smallest absolute Gasteiger partial charge is 0.236 e. The van der Waals surface area contributed by atoms with Gasteiger partial charge in [-0.25, -0.2) is 4.98 Å². The van der Waals surface area contributed by atoms with Crippen LogP contribution in [0, 0.1) is 0 Å². The van der Waals surface area contributed by atoms with Gasteiger partial charge in [0.2, 0.25) is 11.8 Å². The Labute approximate surface area is 152 Å². The number of carbonyl (C=O) groups excluding carboxylic acids is 2. The normalized spacial score (nSPS) is 14.0. The molecule has 0 radical (unpaired) electrons. The van der Waals surface area contributed by atoms with Crippen molar-refractivity contribution >= 4 is 53.1 Å². The highest BCUT2D eigenvalue weighted by molar-refractivity contribution is 7.13. The van der Waals surface area contributed by atoms with Crippen LogP contribution < -0.4 is 10.6 Å². The van der Waals surface area contributed by atoms with E-state index in [0.29, 0.717) is 18.2 Å². The zero-order chi connectivity index (χ0) is 15.2. The topological polar surface area (TPSA) is 77.6 Å². The third kappa shape index (κ3) is 7.45. The quantitative estimate of drug-likeness (QED) is 0.786. The van der Waals surface area contributed by atoms with Gasteiger partial charge >= 0.3 is 0 Å². The Bertz CT molecular complexity index is 508. The second-order valence-electron chi connectivity index (χ2n) is 5.13. The molecule has 0 aromatic carbocycles. The molecule has 0 spiro atoms. The van der Waals surface area contributed by atoms with Crippen molar-refractivity contribution in [1.29, 1.82) is 0 Å². The van der Waals surface area contributed by atoms with Crippen LogP contribution in [0.15, 0.2) is 5.38 Å². The van der Waals surface area contributed by atoms with Crippen LogP contribution in [-0.2, 0) is 16.1 Å². The molecule has 1 saturated heterocycles. The number of aromatic nitrogens is 1. The summed E-state index contributed by atoms with van der Waals surface area (Å²) in [7, 11) is 1.90. The molecule has 2 heterocycles. The van der Waals surface area contributed by atoms with Gasteiger partial charge in [0.15, 0.2) is 5.13 Å². The minimum atomic E-state index is -0.127. The second-order valence-corrected chi connectivity index (χ2v) is 5.99. The van der Waals surface area contributed by atoms with E-state index in [1.807, 2.05) is 22.2 Å². The largest absolute Gasteiger partial charge is 0.339 e. The number of rotatable bonds is 5. The molecular weight excluding hydrogens is 361 g/mol. The van der Waals surface area contributed by atoms with Crippen LogP contribution >= 0.6 is 36.2 Å². The number of anilines is 1. The van der Waals surface area contributed by atoms with Crippen LogP contribution in [0.25, 0.3) is 0 Å². The van der Waals surface area contributed by atoms with E-state index in [1.165, 1.54) is 18.3 Å². The highest BCUT2D eigenvalue weighted by atomic mass is 35.5. The SMILES string of the molecule is CC(=O)Nc1nc(CN(C)CC(=O)N2CCNCC2)cs1.Cl.Cl. The molecule has 0 atom stereocenters. The van der Waals surface area contributed by atoms with Crippen molar-refractivity contribution < 1.29 is 9.59 Å². The average molecular weight is 384 g/mol. The molecule has 1 fully saturated rings. The van der Waals surface area contributed by atoms with Crippen molar-refractivity contribution in [1.82, 2.24) is 20.1 Å². The molecule has 10 heteroatoms. The number of hydrogen-bond acceptors (Lipinski definition) is 6. The molecule has 1 aliphatic rings. The van der Waals surface area contributed by atoms with Crippen molar-refractivity contribution in [3.63, 3.8) is 0 Å². The zero-order valence-electron chi connectivity index (χ0n) is 13.2. The van der Waals surface area contributed by atoms with Crippen LogP contribution in [0.3, 0.4) is 0 Å². The van der Waals surface area contributed by atoms with Gasteiger partial charge in [-0.3, -0.25) is 14.5 Å². The van der Waals surface area contributed by atoms with Gasteiger partial charge in [-0.1, -0.05) is 0 Å². The van der Waals surface area contributed by atoms with Crippen molar-refractivity contribution in [2.24, 2.45) is 0 Å². The minimum absolute atomic E-state index is 0. The fourth-order valence-corrected chi connectivity index (χ4v) is 2.91. The van der Waals surface area contributed by atoms with E-state index in [4.69, 9.17) is 0 Å². The van der Waals surface area contributed by atoms with Crippen LogP contribution in [0.4, 0.5) is 5.13 Å². The Balaban J connectivity index is 0.00000242. The lowest BCUT2D eigenvalue weighted by atomic mass is 10.3. The highest BCUT2D eigenvalue weighted by Crippen LogP contribution is 2.16. The number of likely N-dealkylation sites (N-methyl/N-ethyl adjacent to an activating group) is 1. The monoisotopic (exact) mass is 383 g/mol. The first-order valence-electron chi connectivity index (χ1n) is 6.93.